The van der Waals surface area contributed by atoms with Crippen LogP contribution in [0.4, 0.5) is 0 Å². The standard InChI is InChI=1S/C19H21NO4/c1-20(19(22)14-5-3-2-4-6-14)12-16(9-10-21)15-7-8-17-18(11-15)24-13-23-17/h2-8,11,16,21H,9-10,12-13H2,1H3. The van der Waals surface area contributed by atoms with Crippen molar-refractivity contribution in [2.24, 2.45) is 0 Å². The number of likely N-dealkylation sites (N-methyl/N-ethyl adjacent to an activating group) is 1. The summed E-state index contributed by atoms with van der Waals surface area (Å²) in [4.78, 5) is 14.2. The zero-order valence-corrected chi connectivity index (χ0v) is 13.6. The van der Waals surface area contributed by atoms with Crippen molar-refractivity contribution in [3.05, 3.63) is 59.7 Å². The fourth-order valence-corrected chi connectivity index (χ4v) is 2.90. The Hall–Kier alpha value is -2.53. The lowest BCUT2D eigenvalue weighted by Crippen LogP contribution is -2.31. The second-order valence-corrected chi connectivity index (χ2v) is 5.87. The molecule has 1 amide bonds. The van der Waals surface area contributed by atoms with Crippen LogP contribution in [0.1, 0.15) is 28.3 Å². The van der Waals surface area contributed by atoms with Crippen LogP contribution in [0, 0.1) is 0 Å². The molecule has 1 aliphatic rings. The van der Waals surface area contributed by atoms with Gasteiger partial charge in [0.1, 0.15) is 0 Å². The number of hydrogen-bond donors (Lipinski definition) is 1. The fourth-order valence-electron chi connectivity index (χ4n) is 2.90. The summed E-state index contributed by atoms with van der Waals surface area (Å²) in [7, 11) is 1.78. The summed E-state index contributed by atoms with van der Waals surface area (Å²) >= 11 is 0. The highest BCUT2D eigenvalue weighted by molar-refractivity contribution is 5.94. The van der Waals surface area contributed by atoms with Gasteiger partial charge in [-0.3, -0.25) is 4.79 Å². The number of hydrogen-bond acceptors (Lipinski definition) is 4. The first kappa shape index (κ1) is 16.3. The van der Waals surface area contributed by atoms with E-state index in [9.17, 15) is 9.90 Å². The highest BCUT2D eigenvalue weighted by Gasteiger charge is 2.21. The van der Waals surface area contributed by atoms with Gasteiger partial charge in [-0.25, -0.2) is 0 Å². The number of aliphatic hydroxyl groups excluding tert-OH is 1. The van der Waals surface area contributed by atoms with Crippen LogP contribution < -0.4 is 9.47 Å². The minimum Gasteiger partial charge on any atom is -0.454 e. The van der Waals surface area contributed by atoms with Crippen molar-refractivity contribution < 1.29 is 19.4 Å². The van der Waals surface area contributed by atoms with Gasteiger partial charge in [0.05, 0.1) is 0 Å². The molecule has 1 unspecified atom stereocenters. The summed E-state index contributed by atoms with van der Waals surface area (Å²) in [6, 6.07) is 15.0. The summed E-state index contributed by atoms with van der Waals surface area (Å²) in [6.45, 7) is 0.816. The Kier molecular flexibility index (Phi) is 5.01. The molecule has 1 N–H and O–H groups in total. The van der Waals surface area contributed by atoms with Crippen molar-refractivity contribution in [2.75, 3.05) is 27.0 Å². The first-order valence-corrected chi connectivity index (χ1v) is 8.00. The molecular formula is C19H21NO4. The van der Waals surface area contributed by atoms with E-state index in [4.69, 9.17) is 9.47 Å². The summed E-state index contributed by atoms with van der Waals surface area (Å²) in [6.07, 6.45) is 0.575. The van der Waals surface area contributed by atoms with Gasteiger partial charge in [-0.05, 0) is 36.2 Å². The number of carbonyl (C=O) groups is 1. The molecule has 1 heterocycles. The highest BCUT2D eigenvalue weighted by Crippen LogP contribution is 2.35. The van der Waals surface area contributed by atoms with Crippen molar-refractivity contribution in [2.45, 2.75) is 12.3 Å². The van der Waals surface area contributed by atoms with Gasteiger partial charge in [0, 0.05) is 31.7 Å². The summed E-state index contributed by atoms with van der Waals surface area (Å²) in [5.74, 6) is 1.45. The average molecular weight is 327 g/mol. The molecular weight excluding hydrogens is 306 g/mol. The number of amides is 1. The molecule has 0 radical (unpaired) electrons. The molecule has 3 rings (SSSR count). The largest absolute Gasteiger partial charge is 0.454 e. The van der Waals surface area contributed by atoms with E-state index in [2.05, 4.69) is 0 Å². The van der Waals surface area contributed by atoms with E-state index >= 15 is 0 Å². The minimum atomic E-state index is -0.0284. The molecule has 2 aromatic rings. The lowest BCUT2D eigenvalue weighted by atomic mass is 9.95. The smallest absolute Gasteiger partial charge is 0.253 e. The molecule has 0 saturated carbocycles. The van der Waals surface area contributed by atoms with Crippen LogP contribution in [-0.2, 0) is 0 Å². The summed E-state index contributed by atoms with van der Waals surface area (Å²) in [5, 5.41) is 9.40. The molecule has 0 saturated heterocycles. The van der Waals surface area contributed by atoms with E-state index in [0.717, 1.165) is 11.3 Å². The van der Waals surface area contributed by atoms with Crippen molar-refractivity contribution in [3.8, 4) is 11.5 Å². The van der Waals surface area contributed by atoms with Gasteiger partial charge in [0.2, 0.25) is 6.79 Å². The Morgan fingerprint density at radius 3 is 2.67 bits per heavy atom. The zero-order valence-electron chi connectivity index (χ0n) is 13.6. The molecule has 0 aliphatic carbocycles. The van der Waals surface area contributed by atoms with Crippen LogP contribution in [0.25, 0.3) is 0 Å². The third-order valence-electron chi connectivity index (χ3n) is 4.21. The van der Waals surface area contributed by atoms with Crippen LogP contribution in [0.5, 0.6) is 11.5 Å². The van der Waals surface area contributed by atoms with Gasteiger partial charge < -0.3 is 19.5 Å². The summed E-state index contributed by atoms with van der Waals surface area (Å²) in [5.41, 5.74) is 1.69. The summed E-state index contributed by atoms with van der Waals surface area (Å²) < 4.78 is 10.8. The van der Waals surface area contributed by atoms with Crippen molar-refractivity contribution >= 4 is 5.91 Å². The first-order chi connectivity index (χ1) is 11.7. The lowest BCUT2D eigenvalue weighted by molar-refractivity contribution is 0.0781. The molecule has 2 aromatic carbocycles. The SMILES string of the molecule is CN(CC(CCO)c1ccc2c(c1)OCO2)C(=O)c1ccccc1. The Labute approximate surface area is 141 Å². The maximum atomic E-state index is 12.5. The number of fused-ring (bicyclic) bond motifs is 1. The fraction of sp³-hybridized carbons (Fsp3) is 0.316. The normalized spacial score (nSPS) is 13.6. The van der Waals surface area contributed by atoms with Gasteiger partial charge in [0.15, 0.2) is 11.5 Å². The Bertz CT molecular complexity index is 702. The molecule has 5 nitrogen and oxygen atoms in total. The van der Waals surface area contributed by atoms with E-state index in [-0.39, 0.29) is 25.2 Å². The van der Waals surface area contributed by atoms with Gasteiger partial charge >= 0.3 is 0 Å². The Morgan fingerprint density at radius 2 is 1.92 bits per heavy atom. The third-order valence-corrected chi connectivity index (χ3v) is 4.21. The van der Waals surface area contributed by atoms with Crippen molar-refractivity contribution in [3.63, 3.8) is 0 Å². The van der Waals surface area contributed by atoms with Crippen molar-refractivity contribution in [1.29, 1.82) is 0 Å². The predicted molar refractivity (Wildman–Crippen MR) is 90.4 cm³/mol. The number of carbonyl (C=O) groups excluding carboxylic acids is 1. The monoisotopic (exact) mass is 327 g/mol. The van der Waals surface area contributed by atoms with E-state index in [0.29, 0.717) is 24.3 Å². The zero-order chi connectivity index (χ0) is 16.9. The Morgan fingerprint density at radius 1 is 1.17 bits per heavy atom. The molecule has 0 spiro atoms. The molecule has 0 fully saturated rings. The molecule has 1 aliphatic heterocycles. The molecule has 1 atom stereocenters. The van der Waals surface area contributed by atoms with Crippen LogP contribution in [0.3, 0.4) is 0 Å². The van der Waals surface area contributed by atoms with E-state index in [1.807, 2.05) is 36.4 Å². The van der Waals surface area contributed by atoms with Gasteiger partial charge in [-0.2, -0.15) is 0 Å². The number of rotatable bonds is 6. The topological polar surface area (TPSA) is 59.0 Å². The van der Waals surface area contributed by atoms with E-state index < -0.39 is 0 Å². The molecule has 5 heteroatoms. The van der Waals surface area contributed by atoms with Crippen LogP contribution in [-0.4, -0.2) is 42.9 Å². The van der Waals surface area contributed by atoms with E-state index in [1.54, 1.807) is 24.1 Å². The van der Waals surface area contributed by atoms with Crippen LogP contribution >= 0.6 is 0 Å². The Balaban J connectivity index is 1.75. The van der Waals surface area contributed by atoms with E-state index in [1.165, 1.54) is 0 Å². The number of aliphatic hydroxyl groups is 1. The second kappa shape index (κ2) is 7.36. The number of nitrogens with zero attached hydrogens (tertiary/aromatic N) is 1. The third kappa shape index (κ3) is 3.51. The average Bonchev–Trinajstić information content (AvgIpc) is 3.09. The van der Waals surface area contributed by atoms with Crippen LogP contribution in [0.15, 0.2) is 48.5 Å². The highest BCUT2D eigenvalue weighted by atomic mass is 16.7. The first-order valence-electron chi connectivity index (χ1n) is 8.00. The molecule has 126 valence electrons. The molecule has 0 aromatic heterocycles. The van der Waals surface area contributed by atoms with Gasteiger partial charge in [-0.15, -0.1) is 0 Å². The maximum Gasteiger partial charge on any atom is 0.253 e. The minimum absolute atomic E-state index is 0.0284. The number of benzene rings is 2. The predicted octanol–water partition coefficient (Wildman–Crippen LogP) is 2.65. The van der Waals surface area contributed by atoms with Crippen molar-refractivity contribution in [1.82, 2.24) is 4.90 Å². The second-order valence-electron chi connectivity index (χ2n) is 5.87. The molecule has 24 heavy (non-hydrogen) atoms. The van der Waals surface area contributed by atoms with Gasteiger partial charge in [0.25, 0.3) is 5.91 Å². The maximum absolute atomic E-state index is 12.5. The molecule has 0 bridgehead atoms. The lowest BCUT2D eigenvalue weighted by Gasteiger charge is -2.24. The number of ether oxygens (including phenoxy) is 2. The quantitative estimate of drug-likeness (QED) is 0.886. The van der Waals surface area contributed by atoms with Crippen LogP contribution in [0.2, 0.25) is 0 Å². The van der Waals surface area contributed by atoms with Gasteiger partial charge in [-0.1, -0.05) is 24.3 Å².